The smallest absolute Gasteiger partial charge is 0.0226 e. The first-order valence-corrected chi connectivity index (χ1v) is 15.8. The SMILES string of the molecule is SCCS[C@H](CS)CSCCSCCSC[C@@H](CS)SCCS. The molecule has 0 radical (unpaired) electrons. The largest absolute Gasteiger partial charge is 0.179 e. The molecule has 0 bridgehead atoms. The lowest BCUT2D eigenvalue weighted by Crippen LogP contribution is -2.11. The molecule has 9 heteroatoms. The van der Waals surface area contributed by atoms with Crippen molar-refractivity contribution in [3.63, 3.8) is 0 Å². The van der Waals surface area contributed by atoms with E-state index in [9.17, 15) is 0 Å². The molecule has 0 rings (SSSR count). The third-order valence-corrected chi connectivity index (χ3v) is 11.8. The minimum Gasteiger partial charge on any atom is -0.179 e. The van der Waals surface area contributed by atoms with Crippen LogP contribution in [-0.2, 0) is 0 Å². The molecule has 0 saturated carbocycles. The number of hydrogen-bond acceptors (Lipinski definition) is 9. The Labute approximate surface area is 187 Å². The van der Waals surface area contributed by atoms with Crippen molar-refractivity contribution in [2.75, 3.05) is 69.0 Å². The second-order valence-electron chi connectivity index (χ2n) is 4.56. The van der Waals surface area contributed by atoms with E-state index >= 15 is 0 Å². The number of rotatable bonds is 18. The highest BCUT2D eigenvalue weighted by atomic mass is 32.2. The molecule has 0 fully saturated rings. The lowest BCUT2D eigenvalue weighted by Gasteiger charge is -2.13. The van der Waals surface area contributed by atoms with Crippen LogP contribution in [0.5, 0.6) is 0 Å². The van der Waals surface area contributed by atoms with Crippen LogP contribution >= 0.6 is 109 Å². The van der Waals surface area contributed by atoms with Crippen LogP contribution in [0.25, 0.3) is 0 Å². The quantitative estimate of drug-likeness (QED) is 0.156. The Bertz CT molecular complexity index is 208. The van der Waals surface area contributed by atoms with Crippen molar-refractivity contribution in [3.8, 4) is 0 Å². The standard InChI is InChI=1S/C14H30S9/c15-1-3-22-13(9-17)11-20-7-5-19-6-8-21-12-14(10-18)23-4-2-16/h13-18H,1-12H2/t13-,14-/m1/s1. The molecule has 140 valence electrons. The molecule has 0 aromatic carbocycles. The van der Waals surface area contributed by atoms with Gasteiger partial charge in [-0.3, -0.25) is 0 Å². The van der Waals surface area contributed by atoms with Gasteiger partial charge in [0.15, 0.2) is 0 Å². The molecule has 2 atom stereocenters. The Morgan fingerprint density at radius 3 is 1.26 bits per heavy atom. The van der Waals surface area contributed by atoms with Crippen LogP contribution in [0, 0.1) is 0 Å². The lowest BCUT2D eigenvalue weighted by atomic mass is 10.5. The van der Waals surface area contributed by atoms with Crippen molar-refractivity contribution in [2.45, 2.75) is 10.5 Å². The summed E-state index contributed by atoms with van der Waals surface area (Å²) >= 11 is 27.7. The summed E-state index contributed by atoms with van der Waals surface area (Å²) in [5.74, 6) is 13.7. The van der Waals surface area contributed by atoms with Gasteiger partial charge in [-0.25, -0.2) is 0 Å². The fourth-order valence-corrected chi connectivity index (χ4v) is 9.01. The summed E-state index contributed by atoms with van der Waals surface area (Å²) in [4.78, 5) is 0. The molecule has 0 nitrogen and oxygen atoms in total. The summed E-state index contributed by atoms with van der Waals surface area (Å²) < 4.78 is 0. The van der Waals surface area contributed by atoms with E-state index in [0.717, 1.165) is 34.5 Å². The van der Waals surface area contributed by atoms with E-state index in [4.69, 9.17) is 0 Å². The number of hydrogen-bond donors (Lipinski definition) is 4. The van der Waals surface area contributed by atoms with Crippen LogP contribution in [0.2, 0.25) is 0 Å². The highest BCUT2D eigenvalue weighted by Crippen LogP contribution is 2.21. The Balaban J connectivity index is 3.35. The first kappa shape index (κ1) is 26.1. The maximum atomic E-state index is 4.44. The second-order valence-corrected chi connectivity index (χ2v) is 12.5. The number of thioether (sulfide) groups is 5. The van der Waals surface area contributed by atoms with Gasteiger partial charge in [0.2, 0.25) is 0 Å². The first-order chi connectivity index (χ1) is 11.3. The zero-order chi connectivity index (χ0) is 17.2. The summed E-state index contributed by atoms with van der Waals surface area (Å²) in [6.07, 6.45) is 0. The normalized spacial score (nSPS) is 14.1. The highest BCUT2D eigenvalue weighted by molar-refractivity contribution is 8.06. The van der Waals surface area contributed by atoms with Gasteiger partial charge in [-0.2, -0.15) is 109 Å². The van der Waals surface area contributed by atoms with Gasteiger partial charge in [0.25, 0.3) is 0 Å². The summed E-state index contributed by atoms with van der Waals surface area (Å²) in [5.41, 5.74) is 0. The molecule has 0 amide bonds. The van der Waals surface area contributed by atoms with E-state index in [-0.39, 0.29) is 0 Å². The third kappa shape index (κ3) is 18.3. The van der Waals surface area contributed by atoms with Gasteiger partial charge >= 0.3 is 0 Å². The van der Waals surface area contributed by atoms with E-state index in [1.54, 1.807) is 0 Å². The predicted octanol–water partition coefficient (Wildman–Crippen LogP) is 5.11. The molecule has 23 heavy (non-hydrogen) atoms. The van der Waals surface area contributed by atoms with E-state index < -0.39 is 0 Å². The highest BCUT2D eigenvalue weighted by Gasteiger charge is 2.07. The molecular formula is C14H30S9. The molecule has 0 saturated heterocycles. The van der Waals surface area contributed by atoms with Gasteiger partial charge in [0.05, 0.1) is 0 Å². The maximum absolute atomic E-state index is 4.44. The maximum Gasteiger partial charge on any atom is 0.0226 e. The third-order valence-electron chi connectivity index (χ3n) is 2.65. The van der Waals surface area contributed by atoms with E-state index in [2.05, 4.69) is 85.8 Å². The van der Waals surface area contributed by atoms with Crippen molar-refractivity contribution in [3.05, 3.63) is 0 Å². The molecule has 0 spiro atoms. The summed E-state index contributed by atoms with van der Waals surface area (Å²) in [5, 5.41) is 1.37. The van der Waals surface area contributed by atoms with Crippen LogP contribution < -0.4 is 0 Å². The fourth-order valence-electron chi connectivity index (χ4n) is 1.51. The van der Waals surface area contributed by atoms with E-state index in [1.807, 2.05) is 23.5 Å². The minimum atomic E-state index is 0.684. The fraction of sp³-hybridized carbons (Fsp3) is 1.00. The molecule has 0 heterocycles. The predicted molar refractivity (Wildman–Crippen MR) is 140 cm³/mol. The Morgan fingerprint density at radius 1 is 0.522 bits per heavy atom. The molecule has 0 aliphatic rings. The van der Waals surface area contributed by atoms with Gasteiger partial charge in [-0.1, -0.05) is 0 Å². The van der Waals surface area contributed by atoms with Gasteiger partial charge < -0.3 is 0 Å². The first-order valence-electron chi connectivity index (χ1n) is 7.68. The lowest BCUT2D eigenvalue weighted by molar-refractivity contribution is 1.15. The zero-order valence-electron chi connectivity index (χ0n) is 13.5. The van der Waals surface area contributed by atoms with Gasteiger partial charge in [0.1, 0.15) is 0 Å². The molecule has 0 aliphatic heterocycles. The average Bonchev–Trinajstić information content (AvgIpc) is 2.58. The van der Waals surface area contributed by atoms with Crippen molar-refractivity contribution in [1.29, 1.82) is 0 Å². The van der Waals surface area contributed by atoms with Crippen molar-refractivity contribution in [2.24, 2.45) is 0 Å². The molecule has 0 aliphatic carbocycles. The average molecular weight is 487 g/mol. The molecule has 0 aromatic heterocycles. The molecule has 0 N–H and O–H groups in total. The second kappa shape index (κ2) is 21.5. The van der Waals surface area contributed by atoms with Crippen LogP contribution in [0.3, 0.4) is 0 Å². The van der Waals surface area contributed by atoms with Gasteiger partial charge in [-0.05, 0) is 11.5 Å². The van der Waals surface area contributed by atoms with Gasteiger partial charge in [0, 0.05) is 68.0 Å². The van der Waals surface area contributed by atoms with Crippen molar-refractivity contribution < 1.29 is 0 Å². The summed E-state index contributed by atoms with van der Waals surface area (Å²) in [6.45, 7) is 0. The van der Waals surface area contributed by atoms with Gasteiger partial charge in [-0.15, -0.1) is 0 Å². The van der Waals surface area contributed by atoms with E-state index in [1.165, 1.54) is 34.5 Å². The Hall–Kier alpha value is 3.15. The topological polar surface area (TPSA) is 0 Å². The summed E-state index contributed by atoms with van der Waals surface area (Å²) in [7, 11) is 0. The van der Waals surface area contributed by atoms with E-state index in [0.29, 0.717) is 10.5 Å². The minimum absolute atomic E-state index is 0.684. The molecule has 0 unspecified atom stereocenters. The summed E-state index contributed by atoms with van der Waals surface area (Å²) in [6, 6.07) is 0. The monoisotopic (exact) mass is 486 g/mol. The molecule has 0 aromatic rings. The van der Waals surface area contributed by atoms with Crippen LogP contribution in [0.4, 0.5) is 0 Å². The van der Waals surface area contributed by atoms with Crippen LogP contribution in [0.15, 0.2) is 0 Å². The zero-order valence-corrected chi connectivity index (χ0v) is 21.1. The van der Waals surface area contributed by atoms with Crippen molar-refractivity contribution >= 4 is 109 Å². The molecular weight excluding hydrogens is 457 g/mol. The van der Waals surface area contributed by atoms with Crippen molar-refractivity contribution in [1.82, 2.24) is 0 Å². The van der Waals surface area contributed by atoms with Crippen LogP contribution in [-0.4, -0.2) is 79.5 Å². The Kier molecular flexibility index (Phi) is 24.4. The number of thiol groups is 4. The Morgan fingerprint density at radius 2 is 0.913 bits per heavy atom. The van der Waals surface area contributed by atoms with Crippen LogP contribution in [0.1, 0.15) is 0 Å².